The zero-order chi connectivity index (χ0) is 16.3. The lowest BCUT2D eigenvalue weighted by molar-refractivity contribution is -0.136. The third-order valence-electron chi connectivity index (χ3n) is 3.68. The number of piperidine rings is 1. The summed E-state index contributed by atoms with van der Waals surface area (Å²) in [6, 6.07) is 5.86. The Morgan fingerprint density at radius 3 is 2.73 bits per heavy atom. The van der Waals surface area contributed by atoms with Crippen molar-refractivity contribution in [2.24, 2.45) is 11.7 Å². The zero-order valence-corrected chi connectivity index (χ0v) is 12.8. The molecule has 0 aromatic heterocycles. The summed E-state index contributed by atoms with van der Waals surface area (Å²) in [5.41, 5.74) is 5.68. The first kappa shape index (κ1) is 16.4. The largest absolute Gasteiger partial charge is 0.481 e. The smallest absolute Gasteiger partial charge is 0.307 e. The number of carboxylic acid groups (broad SMARTS) is 1. The van der Waals surface area contributed by atoms with Gasteiger partial charge < -0.3 is 10.8 Å². The number of hydrogen-bond acceptors (Lipinski definition) is 4. The first-order valence-corrected chi connectivity index (χ1v) is 8.35. The molecule has 0 radical (unpaired) electrons. The van der Waals surface area contributed by atoms with Gasteiger partial charge in [0.05, 0.1) is 17.2 Å². The molecule has 1 aliphatic rings. The van der Waals surface area contributed by atoms with E-state index in [0.717, 1.165) is 0 Å². The van der Waals surface area contributed by atoms with Crippen molar-refractivity contribution in [3.05, 3.63) is 29.8 Å². The average Bonchev–Trinajstić information content (AvgIpc) is 2.47. The number of nitrogens with zero attached hydrogens (tertiary/aromatic N) is 1. The van der Waals surface area contributed by atoms with E-state index in [1.54, 1.807) is 6.07 Å². The summed E-state index contributed by atoms with van der Waals surface area (Å²) in [7, 11) is -3.75. The highest BCUT2D eigenvalue weighted by atomic mass is 32.2. The minimum Gasteiger partial charge on any atom is -0.481 e. The topological polar surface area (TPSA) is 118 Å². The molecule has 1 aromatic carbocycles. The van der Waals surface area contributed by atoms with Crippen molar-refractivity contribution in [3.8, 4) is 0 Å². The quantitative estimate of drug-likeness (QED) is 0.801. The first-order valence-electron chi connectivity index (χ1n) is 6.91. The monoisotopic (exact) mass is 326 g/mol. The molecule has 1 heterocycles. The Balaban J connectivity index is 2.26. The molecule has 1 saturated heterocycles. The van der Waals surface area contributed by atoms with E-state index in [1.807, 2.05) is 0 Å². The maximum atomic E-state index is 12.6. The van der Waals surface area contributed by atoms with E-state index in [-0.39, 0.29) is 17.9 Å². The fraction of sp³-hybridized carbons (Fsp3) is 0.429. The maximum absolute atomic E-state index is 12.6. The molecule has 0 spiro atoms. The van der Waals surface area contributed by atoms with E-state index in [2.05, 4.69) is 0 Å². The number of hydrogen-bond donors (Lipinski definition) is 2. The van der Waals surface area contributed by atoms with Gasteiger partial charge in [0.15, 0.2) is 0 Å². The molecule has 22 heavy (non-hydrogen) atoms. The molecule has 0 bridgehead atoms. The van der Waals surface area contributed by atoms with E-state index in [1.165, 1.54) is 22.5 Å². The summed E-state index contributed by atoms with van der Waals surface area (Å²) in [6.07, 6.45) is 0.912. The van der Waals surface area contributed by atoms with Crippen molar-refractivity contribution in [3.63, 3.8) is 0 Å². The van der Waals surface area contributed by atoms with Crippen LogP contribution in [0.3, 0.4) is 0 Å². The van der Waals surface area contributed by atoms with Crippen LogP contribution >= 0.6 is 0 Å². The van der Waals surface area contributed by atoms with Gasteiger partial charge in [-0.15, -0.1) is 0 Å². The third kappa shape index (κ3) is 3.63. The molecule has 120 valence electrons. The summed E-state index contributed by atoms with van der Waals surface area (Å²) in [6.45, 7) is 0.399. The van der Waals surface area contributed by atoms with Crippen LogP contribution < -0.4 is 5.73 Å². The minimum atomic E-state index is -3.75. The van der Waals surface area contributed by atoms with Crippen molar-refractivity contribution < 1.29 is 23.1 Å². The van der Waals surface area contributed by atoms with Crippen LogP contribution in [0.2, 0.25) is 0 Å². The second-order valence-corrected chi connectivity index (χ2v) is 7.26. The van der Waals surface area contributed by atoms with Crippen molar-refractivity contribution in [2.75, 3.05) is 13.1 Å². The van der Waals surface area contributed by atoms with Gasteiger partial charge in [-0.2, -0.15) is 4.31 Å². The summed E-state index contributed by atoms with van der Waals surface area (Å²) >= 11 is 0. The molecular weight excluding hydrogens is 308 g/mol. The van der Waals surface area contributed by atoms with Gasteiger partial charge >= 0.3 is 5.97 Å². The highest BCUT2D eigenvalue weighted by Gasteiger charge is 2.32. The minimum absolute atomic E-state index is 0.0383. The fourth-order valence-electron chi connectivity index (χ4n) is 2.53. The van der Waals surface area contributed by atoms with Crippen molar-refractivity contribution in [1.29, 1.82) is 0 Å². The number of aliphatic carboxylic acids is 1. The van der Waals surface area contributed by atoms with Gasteiger partial charge in [0.1, 0.15) is 0 Å². The molecule has 1 unspecified atom stereocenters. The number of carbonyl (C=O) groups is 2. The Kier molecular flexibility index (Phi) is 4.82. The molecular formula is C14H18N2O5S. The van der Waals surface area contributed by atoms with Crippen LogP contribution in [0, 0.1) is 5.92 Å². The number of rotatable bonds is 5. The van der Waals surface area contributed by atoms with Gasteiger partial charge in [-0.3, -0.25) is 9.59 Å². The Labute approximate surface area is 128 Å². The molecule has 1 amide bonds. The Morgan fingerprint density at radius 1 is 1.36 bits per heavy atom. The normalized spacial score (nSPS) is 19.7. The van der Waals surface area contributed by atoms with Crippen LogP contribution in [0.15, 0.2) is 29.2 Å². The predicted molar refractivity (Wildman–Crippen MR) is 78.5 cm³/mol. The van der Waals surface area contributed by atoms with Gasteiger partial charge in [0.25, 0.3) is 0 Å². The Morgan fingerprint density at radius 2 is 2.09 bits per heavy atom. The molecule has 1 aliphatic heterocycles. The summed E-state index contributed by atoms with van der Waals surface area (Å²) in [5.74, 6) is -2.01. The number of carbonyl (C=O) groups excluding carboxylic acids is 1. The second-order valence-electron chi connectivity index (χ2n) is 5.32. The Bertz CT molecular complexity index is 686. The molecule has 0 aliphatic carbocycles. The van der Waals surface area contributed by atoms with Crippen LogP contribution in [-0.2, 0) is 26.0 Å². The number of amides is 1. The zero-order valence-electron chi connectivity index (χ0n) is 11.9. The summed E-state index contributed by atoms with van der Waals surface area (Å²) in [5, 5.41) is 8.79. The van der Waals surface area contributed by atoms with Crippen LogP contribution in [-0.4, -0.2) is 42.8 Å². The van der Waals surface area contributed by atoms with Gasteiger partial charge in [-0.25, -0.2) is 8.42 Å². The molecule has 0 saturated carbocycles. The van der Waals surface area contributed by atoms with E-state index in [4.69, 9.17) is 10.8 Å². The van der Waals surface area contributed by atoms with Crippen LogP contribution in [0.25, 0.3) is 0 Å². The van der Waals surface area contributed by atoms with E-state index in [0.29, 0.717) is 24.9 Å². The molecule has 1 atom stereocenters. The van der Waals surface area contributed by atoms with Crippen LogP contribution in [0.5, 0.6) is 0 Å². The van der Waals surface area contributed by atoms with Crippen molar-refractivity contribution in [1.82, 2.24) is 4.31 Å². The number of nitrogens with two attached hydrogens (primary N) is 1. The number of benzene rings is 1. The van der Waals surface area contributed by atoms with Crippen molar-refractivity contribution >= 4 is 21.9 Å². The lowest BCUT2D eigenvalue weighted by Gasteiger charge is -2.30. The van der Waals surface area contributed by atoms with Crippen LogP contribution in [0.4, 0.5) is 0 Å². The van der Waals surface area contributed by atoms with E-state index < -0.39 is 27.8 Å². The van der Waals surface area contributed by atoms with Crippen LogP contribution in [0.1, 0.15) is 18.4 Å². The summed E-state index contributed by atoms with van der Waals surface area (Å²) < 4.78 is 26.5. The Hall–Kier alpha value is -1.93. The molecule has 2 rings (SSSR count). The highest BCUT2D eigenvalue weighted by Crippen LogP contribution is 2.24. The SMILES string of the molecule is NC(=O)C1CCCN(S(=O)(=O)c2cccc(CC(=O)O)c2)C1. The summed E-state index contributed by atoms with van der Waals surface area (Å²) in [4.78, 5) is 22.1. The molecule has 1 fully saturated rings. The van der Waals surface area contributed by atoms with Gasteiger partial charge in [0.2, 0.25) is 15.9 Å². The van der Waals surface area contributed by atoms with E-state index >= 15 is 0 Å². The maximum Gasteiger partial charge on any atom is 0.307 e. The fourth-order valence-corrected chi connectivity index (χ4v) is 4.13. The molecule has 3 N–H and O–H groups in total. The standard InChI is InChI=1S/C14H18N2O5S/c15-14(19)11-4-2-6-16(9-11)22(20,21)12-5-1-3-10(7-12)8-13(17)18/h1,3,5,7,11H,2,4,6,8-9H2,(H2,15,19)(H,17,18). The van der Waals surface area contributed by atoms with Gasteiger partial charge in [-0.05, 0) is 30.5 Å². The number of carboxylic acids is 1. The average molecular weight is 326 g/mol. The lowest BCUT2D eigenvalue weighted by atomic mass is 9.99. The molecule has 8 heteroatoms. The van der Waals surface area contributed by atoms with E-state index in [9.17, 15) is 18.0 Å². The second kappa shape index (κ2) is 6.45. The van der Waals surface area contributed by atoms with Crippen molar-refractivity contribution in [2.45, 2.75) is 24.2 Å². The molecule has 7 nitrogen and oxygen atoms in total. The van der Waals surface area contributed by atoms with Gasteiger partial charge in [-0.1, -0.05) is 12.1 Å². The molecule has 1 aromatic rings. The number of primary amides is 1. The third-order valence-corrected chi connectivity index (χ3v) is 5.54. The lowest BCUT2D eigenvalue weighted by Crippen LogP contribution is -2.44. The first-order chi connectivity index (χ1) is 10.3. The predicted octanol–water partition coefficient (Wildman–Crippen LogP) is 0.200. The van der Waals surface area contributed by atoms with Gasteiger partial charge in [0, 0.05) is 13.1 Å². The number of sulfonamides is 1. The highest BCUT2D eigenvalue weighted by molar-refractivity contribution is 7.89.